The Morgan fingerprint density at radius 3 is 2.39 bits per heavy atom. The highest BCUT2D eigenvalue weighted by atomic mass is 16.5. The molecule has 1 aromatic heterocycles. The number of rotatable bonds is 8. The second-order valence-electron chi connectivity index (χ2n) is 9.06. The number of aliphatic hydroxyl groups is 1. The Balaban J connectivity index is 1.81. The van der Waals surface area contributed by atoms with Crippen LogP contribution in [0.2, 0.25) is 0 Å². The van der Waals surface area contributed by atoms with E-state index in [-0.39, 0.29) is 29.4 Å². The summed E-state index contributed by atoms with van der Waals surface area (Å²) < 4.78 is 15.9. The van der Waals surface area contributed by atoms with Crippen LogP contribution in [0.25, 0.3) is 5.76 Å². The number of nitrogens with zero attached hydrogens (tertiary/aromatic N) is 2. The standard InChI is InChI=1S/C29H28N2O7/c1-17(2)16-38-29(35)18-7-9-20(10-8-18)31-25(19-6-5-13-30-15-19)24(27(33)28(31)34)26(32)22-12-11-21(36-3)14-23(22)37-4/h5-15,17,25,32H,16H2,1-4H3/b26-24-. The molecule has 0 aliphatic carbocycles. The third kappa shape index (κ3) is 5.08. The second kappa shape index (κ2) is 11.2. The van der Waals surface area contributed by atoms with Gasteiger partial charge in [0.25, 0.3) is 11.7 Å². The van der Waals surface area contributed by atoms with Crippen LogP contribution in [0.15, 0.2) is 72.6 Å². The van der Waals surface area contributed by atoms with E-state index in [1.54, 1.807) is 48.7 Å². The highest BCUT2D eigenvalue weighted by Gasteiger charge is 2.47. The second-order valence-corrected chi connectivity index (χ2v) is 9.06. The van der Waals surface area contributed by atoms with Gasteiger partial charge in [0.1, 0.15) is 17.3 Å². The first-order valence-electron chi connectivity index (χ1n) is 12.0. The van der Waals surface area contributed by atoms with Gasteiger partial charge in [-0.2, -0.15) is 0 Å². The SMILES string of the molecule is COc1ccc(/C(O)=C2/C(=O)C(=O)N(c3ccc(C(=O)OCC(C)C)cc3)C2c2cccnc2)c(OC)c1. The van der Waals surface area contributed by atoms with Crippen molar-refractivity contribution in [2.24, 2.45) is 5.92 Å². The first kappa shape index (κ1) is 26.4. The Morgan fingerprint density at radius 2 is 1.79 bits per heavy atom. The van der Waals surface area contributed by atoms with E-state index in [9.17, 15) is 19.5 Å². The molecule has 0 saturated carbocycles. The number of esters is 1. The molecule has 1 fully saturated rings. The van der Waals surface area contributed by atoms with E-state index < -0.39 is 29.5 Å². The van der Waals surface area contributed by atoms with Crippen molar-refractivity contribution < 1.29 is 33.7 Å². The Labute approximate surface area is 220 Å². The molecule has 4 rings (SSSR count). The molecule has 1 aliphatic rings. The molecule has 1 saturated heterocycles. The number of carbonyl (C=O) groups is 3. The van der Waals surface area contributed by atoms with Crippen molar-refractivity contribution >= 4 is 29.1 Å². The molecule has 1 aliphatic heterocycles. The van der Waals surface area contributed by atoms with Crippen molar-refractivity contribution in [1.82, 2.24) is 4.98 Å². The zero-order valence-corrected chi connectivity index (χ0v) is 21.5. The minimum absolute atomic E-state index is 0.119. The number of benzene rings is 2. The quantitative estimate of drug-likeness (QED) is 0.201. The van der Waals surface area contributed by atoms with Gasteiger partial charge in [-0.05, 0) is 53.9 Å². The largest absolute Gasteiger partial charge is 0.507 e. The van der Waals surface area contributed by atoms with Gasteiger partial charge in [-0.1, -0.05) is 19.9 Å². The summed E-state index contributed by atoms with van der Waals surface area (Å²) in [5.41, 5.74) is 1.30. The molecule has 3 aromatic rings. The molecule has 1 unspecified atom stereocenters. The first-order valence-corrected chi connectivity index (χ1v) is 12.0. The molecule has 1 atom stereocenters. The molecule has 38 heavy (non-hydrogen) atoms. The molecular formula is C29H28N2O7. The summed E-state index contributed by atoms with van der Waals surface area (Å²) in [5, 5.41) is 11.4. The number of carbonyl (C=O) groups excluding carboxylic acids is 3. The van der Waals surface area contributed by atoms with Crippen molar-refractivity contribution in [3.8, 4) is 11.5 Å². The summed E-state index contributed by atoms with van der Waals surface area (Å²) in [6.45, 7) is 4.16. The Morgan fingerprint density at radius 1 is 1.05 bits per heavy atom. The monoisotopic (exact) mass is 516 g/mol. The molecule has 1 amide bonds. The topological polar surface area (TPSA) is 115 Å². The molecule has 9 nitrogen and oxygen atoms in total. The number of methoxy groups -OCH3 is 2. The number of amides is 1. The van der Waals surface area contributed by atoms with Crippen LogP contribution < -0.4 is 14.4 Å². The number of aliphatic hydroxyl groups excluding tert-OH is 1. The molecule has 2 aromatic carbocycles. The number of hydrogen-bond donors (Lipinski definition) is 1. The van der Waals surface area contributed by atoms with Crippen molar-refractivity contribution in [3.05, 3.63) is 89.3 Å². The summed E-state index contributed by atoms with van der Waals surface area (Å²) in [6.07, 6.45) is 3.10. The number of Topliss-reactive ketones (excluding diaryl/α,β-unsaturated/α-hetero) is 1. The van der Waals surface area contributed by atoms with Crippen LogP contribution in [0.5, 0.6) is 11.5 Å². The first-order chi connectivity index (χ1) is 18.3. The van der Waals surface area contributed by atoms with Gasteiger partial charge in [0, 0.05) is 24.1 Å². The smallest absolute Gasteiger partial charge is 0.338 e. The molecule has 0 bridgehead atoms. The fourth-order valence-electron chi connectivity index (χ4n) is 4.17. The minimum Gasteiger partial charge on any atom is -0.507 e. The lowest BCUT2D eigenvalue weighted by Crippen LogP contribution is -2.29. The lowest BCUT2D eigenvalue weighted by Gasteiger charge is -2.25. The summed E-state index contributed by atoms with van der Waals surface area (Å²) >= 11 is 0. The van der Waals surface area contributed by atoms with Gasteiger partial charge in [0.05, 0.1) is 43.6 Å². The summed E-state index contributed by atoms with van der Waals surface area (Å²) in [5.74, 6) is -1.63. The van der Waals surface area contributed by atoms with E-state index in [4.69, 9.17) is 14.2 Å². The summed E-state index contributed by atoms with van der Waals surface area (Å²) in [4.78, 5) is 44.5. The maximum atomic E-state index is 13.4. The van der Waals surface area contributed by atoms with Gasteiger partial charge in [-0.25, -0.2) is 4.79 Å². The van der Waals surface area contributed by atoms with Gasteiger partial charge in [0.2, 0.25) is 0 Å². The van der Waals surface area contributed by atoms with Crippen LogP contribution in [-0.2, 0) is 14.3 Å². The minimum atomic E-state index is -0.978. The normalized spacial score (nSPS) is 16.6. The molecule has 196 valence electrons. The highest BCUT2D eigenvalue weighted by Crippen LogP contribution is 2.43. The van der Waals surface area contributed by atoms with E-state index in [1.165, 1.54) is 37.4 Å². The number of pyridine rings is 1. The molecule has 1 N–H and O–H groups in total. The van der Waals surface area contributed by atoms with Gasteiger partial charge in [0.15, 0.2) is 0 Å². The van der Waals surface area contributed by atoms with Gasteiger partial charge in [-0.3, -0.25) is 19.5 Å². The van der Waals surface area contributed by atoms with E-state index in [0.29, 0.717) is 22.6 Å². The van der Waals surface area contributed by atoms with Crippen molar-refractivity contribution in [3.63, 3.8) is 0 Å². The Hall–Kier alpha value is -4.66. The van der Waals surface area contributed by atoms with Crippen molar-refractivity contribution in [2.45, 2.75) is 19.9 Å². The fourth-order valence-corrected chi connectivity index (χ4v) is 4.17. The maximum Gasteiger partial charge on any atom is 0.338 e. The fraction of sp³-hybridized carbons (Fsp3) is 0.241. The van der Waals surface area contributed by atoms with Crippen LogP contribution >= 0.6 is 0 Å². The number of ether oxygens (including phenoxy) is 3. The summed E-state index contributed by atoms with van der Waals surface area (Å²) in [6, 6.07) is 13.3. The lowest BCUT2D eigenvalue weighted by atomic mass is 9.95. The number of hydrogen-bond acceptors (Lipinski definition) is 8. The number of ketones is 1. The van der Waals surface area contributed by atoms with Crippen LogP contribution in [-0.4, -0.2) is 48.6 Å². The highest BCUT2D eigenvalue weighted by molar-refractivity contribution is 6.51. The Bertz CT molecular complexity index is 1380. The van der Waals surface area contributed by atoms with Gasteiger partial charge < -0.3 is 19.3 Å². The lowest BCUT2D eigenvalue weighted by molar-refractivity contribution is -0.132. The molecular weight excluding hydrogens is 488 g/mol. The van der Waals surface area contributed by atoms with Crippen LogP contribution in [0, 0.1) is 5.92 Å². The Kier molecular flexibility index (Phi) is 7.76. The molecule has 9 heteroatoms. The van der Waals surface area contributed by atoms with E-state index >= 15 is 0 Å². The van der Waals surface area contributed by atoms with E-state index in [2.05, 4.69) is 4.98 Å². The molecule has 2 heterocycles. The predicted molar refractivity (Wildman–Crippen MR) is 140 cm³/mol. The van der Waals surface area contributed by atoms with Gasteiger partial charge in [-0.15, -0.1) is 0 Å². The molecule has 0 spiro atoms. The van der Waals surface area contributed by atoms with Crippen LogP contribution in [0.3, 0.4) is 0 Å². The van der Waals surface area contributed by atoms with E-state index in [0.717, 1.165) is 0 Å². The van der Waals surface area contributed by atoms with Crippen molar-refractivity contribution in [2.75, 3.05) is 25.7 Å². The van der Waals surface area contributed by atoms with Gasteiger partial charge >= 0.3 is 5.97 Å². The van der Waals surface area contributed by atoms with Crippen LogP contribution in [0.1, 0.15) is 41.4 Å². The number of aromatic nitrogens is 1. The predicted octanol–water partition coefficient (Wildman–Crippen LogP) is 4.54. The van der Waals surface area contributed by atoms with Crippen molar-refractivity contribution in [1.29, 1.82) is 0 Å². The third-order valence-corrected chi connectivity index (χ3v) is 6.04. The zero-order valence-electron chi connectivity index (χ0n) is 21.5. The van der Waals surface area contributed by atoms with Crippen LogP contribution in [0.4, 0.5) is 5.69 Å². The number of anilines is 1. The maximum absolute atomic E-state index is 13.4. The molecule has 0 radical (unpaired) electrons. The average Bonchev–Trinajstić information content (AvgIpc) is 3.21. The average molecular weight is 517 g/mol. The van der Waals surface area contributed by atoms with E-state index in [1.807, 2.05) is 13.8 Å². The third-order valence-electron chi connectivity index (χ3n) is 6.04. The zero-order chi connectivity index (χ0) is 27.4. The summed E-state index contributed by atoms with van der Waals surface area (Å²) in [7, 11) is 2.92.